The Kier molecular flexibility index (Phi) is 8.78. The van der Waals surface area contributed by atoms with E-state index in [0.717, 1.165) is 29.0 Å². The van der Waals surface area contributed by atoms with Gasteiger partial charge >= 0.3 is 0 Å². The van der Waals surface area contributed by atoms with Gasteiger partial charge in [0.15, 0.2) is 0 Å². The SMILES string of the molecule is C=CC(=O)Nc1cccc(C(=O)Nc2cc3cc(c2)Nc2nccc(n2)-c2cccc(c2)OCC/C=C/COC3)c1. The number of fused-ring (bicyclic) bond motifs is 7. The van der Waals surface area contributed by atoms with E-state index in [2.05, 4.69) is 27.5 Å². The van der Waals surface area contributed by atoms with E-state index in [1.54, 1.807) is 36.5 Å². The number of carbonyl (C=O) groups excluding carboxylic acids is 2. The highest BCUT2D eigenvalue weighted by molar-refractivity contribution is 6.06. The Morgan fingerprint density at radius 1 is 0.951 bits per heavy atom. The number of nitrogens with zero attached hydrogens (tertiary/aromatic N) is 2. The first-order chi connectivity index (χ1) is 20.1. The maximum Gasteiger partial charge on any atom is 0.255 e. The molecule has 2 amide bonds. The lowest BCUT2D eigenvalue weighted by atomic mass is 10.1. The Morgan fingerprint density at radius 3 is 2.76 bits per heavy atom. The van der Waals surface area contributed by atoms with Crippen molar-refractivity contribution < 1.29 is 19.1 Å². The van der Waals surface area contributed by atoms with Gasteiger partial charge in [-0.05, 0) is 72.7 Å². The van der Waals surface area contributed by atoms with E-state index in [0.29, 0.717) is 48.4 Å². The molecule has 0 unspecified atom stereocenters. The first kappa shape index (κ1) is 27.3. The van der Waals surface area contributed by atoms with E-state index in [1.807, 2.05) is 54.6 Å². The molecule has 5 rings (SSSR count). The van der Waals surface area contributed by atoms with Crippen molar-refractivity contribution in [3.8, 4) is 17.0 Å². The number of hydrogen-bond acceptors (Lipinski definition) is 7. The fourth-order valence-corrected chi connectivity index (χ4v) is 4.18. The smallest absolute Gasteiger partial charge is 0.255 e. The average molecular weight is 548 g/mol. The third-order valence-corrected chi connectivity index (χ3v) is 6.07. The summed E-state index contributed by atoms with van der Waals surface area (Å²) in [7, 11) is 0. The summed E-state index contributed by atoms with van der Waals surface area (Å²) in [5.74, 6) is 0.480. The molecule has 0 saturated carbocycles. The zero-order valence-electron chi connectivity index (χ0n) is 22.3. The van der Waals surface area contributed by atoms with Gasteiger partial charge in [-0.25, -0.2) is 9.97 Å². The van der Waals surface area contributed by atoms with E-state index >= 15 is 0 Å². The molecule has 41 heavy (non-hydrogen) atoms. The minimum Gasteiger partial charge on any atom is -0.493 e. The molecule has 9 heteroatoms. The first-order valence-electron chi connectivity index (χ1n) is 13.1. The van der Waals surface area contributed by atoms with Crippen molar-refractivity contribution in [2.75, 3.05) is 29.2 Å². The number of rotatable bonds is 4. The molecular formula is C32H29N5O4. The van der Waals surface area contributed by atoms with Crippen LogP contribution >= 0.6 is 0 Å². The monoisotopic (exact) mass is 547 g/mol. The number of aromatic nitrogens is 2. The first-order valence-corrected chi connectivity index (χ1v) is 13.1. The van der Waals surface area contributed by atoms with Crippen molar-refractivity contribution in [1.82, 2.24) is 9.97 Å². The number of ether oxygens (including phenoxy) is 2. The maximum absolute atomic E-state index is 13.1. The number of hydrogen-bond donors (Lipinski definition) is 3. The third kappa shape index (κ3) is 7.65. The molecule has 6 bridgehead atoms. The Balaban J connectivity index is 1.42. The molecule has 0 radical (unpaired) electrons. The quantitative estimate of drug-likeness (QED) is 0.208. The second-order valence-electron chi connectivity index (χ2n) is 9.19. The zero-order chi connectivity index (χ0) is 28.4. The van der Waals surface area contributed by atoms with Crippen LogP contribution in [0.1, 0.15) is 22.3 Å². The van der Waals surface area contributed by atoms with Crippen LogP contribution in [0.2, 0.25) is 0 Å². The summed E-state index contributed by atoms with van der Waals surface area (Å²) >= 11 is 0. The van der Waals surface area contributed by atoms with Crippen LogP contribution in [0.25, 0.3) is 11.3 Å². The lowest BCUT2D eigenvalue weighted by molar-refractivity contribution is -0.111. The molecule has 3 N–H and O–H groups in total. The highest BCUT2D eigenvalue weighted by Crippen LogP contribution is 2.26. The largest absolute Gasteiger partial charge is 0.493 e. The maximum atomic E-state index is 13.1. The van der Waals surface area contributed by atoms with Gasteiger partial charge in [0.05, 0.1) is 25.5 Å². The van der Waals surface area contributed by atoms with Crippen LogP contribution < -0.4 is 20.7 Å². The molecule has 2 heterocycles. The topological polar surface area (TPSA) is 114 Å². The molecule has 0 saturated heterocycles. The van der Waals surface area contributed by atoms with E-state index in [1.165, 1.54) is 6.08 Å². The second-order valence-corrected chi connectivity index (χ2v) is 9.19. The van der Waals surface area contributed by atoms with Gasteiger partial charge in [-0.1, -0.05) is 36.9 Å². The molecule has 9 nitrogen and oxygen atoms in total. The summed E-state index contributed by atoms with van der Waals surface area (Å²) < 4.78 is 11.8. The van der Waals surface area contributed by atoms with Crippen LogP contribution in [0.4, 0.5) is 23.0 Å². The Morgan fingerprint density at radius 2 is 1.85 bits per heavy atom. The second kappa shape index (κ2) is 13.2. The zero-order valence-corrected chi connectivity index (χ0v) is 22.3. The summed E-state index contributed by atoms with van der Waals surface area (Å²) in [5.41, 5.74) is 4.62. The molecule has 0 atom stereocenters. The fraction of sp³-hybridized carbons (Fsp3) is 0.125. The van der Waals surface area contributed by atoms with Gasteiger partial charge in [0.2, 0.25) is 11.9 Å². The lowest BCUT2D eigenvalue weighted by Crippen LogP contribution is -2.14. The van der Waals surface area contributed by atoms with Crippen molar-refractivity contribution in [2.24, 2.45) is 0 Å². The molecule has 1 aliphatic heterocycles. The Bertz CT molecular complexity index is 1600. The minimum atomic E-state index is -0.356. The van der Waals surface area contributed by atoms with Crippen LogP contribution in [0.3, 0.4) is 0 Å². The van der Waals surface area contributed by atoms with E-state index in [4.69, 9.17) is 14.5 Å². The summed E-state index contributed by atoms with van der Waals surface area (Å²) in [5, 5.41) is 8.87. The molecule has 3 aromatic carbocycles. The highest BCUT2D eigenvalue weighted by atomic mass is 16.5. The highest BCUT2D eigenvalue weighted by Gasteiger charge is 2.11. The van der Waals surface area contributed by atoms with Crippen LogP contribution in [0.15, 0.2) is 104 Å². The third-order valence-electron chi connectivity index (χ3n) is 6.07. The summed E-state index contributed by atoms with van der Waals surface area (Å²) in [6, 6.07) is 21.9. The molecule has 0 aliphatic carbocycles. The van der Waals surface area contributed by atoms with E-state index in [-0.39, 0.29) is 11.8 Å². The van der Waals surface area contributed by atoms with Crippen molar-refractivity contribution in [3.05, 3.63) is 115 Å². The molecular weight excluding hydrogens is 518 g/mol. The number of benzene rings is 3. The van der Waals surface area contributed by atoms with Gasteiger partial charge in [0, 0.05) is 34.4 Å². The number of carbonyl (C=O) groups is 2. The summed E-state index contributed by atoms with van der Waals surface area (Å²) in [4.78, 5) is 33.9. The number of nitrogens with one attached hydrogen (secondary N) is 3. The predicted molar refractivity (Wildman–Crippen MR) is 159 cm³/mol. The standard InChI is InChI=1S/C32H29N5O4/c1-2-30(38)34-25-10-6-9-24(18-25)31(39)35-26-16-22-17-27(20-26)36-32-33-13-12-29(37-32)23-8-7-11-28(19-23)41-15-5-3-4-14-40-21-22/h2-4,6-13,16-20H,1,5,14-15,21H2,(H,34,38)(H,35,39)(H,33,36,37)/b4-3+. The van der Waals surface area contributed by atoms with E-state index in [9.17, 15) is 9.59 Å². The van der Waals surface area contributed by atoms with Gasteiger partial charge in [0.25, 0.3) is 5.91 Å². The van der Waals surface area contributed by atoms with Crippen molar-refractivity contribution in [3.63, 3.8) is 0 Å². The lowest BCUT2D eigenvalue weighted by Gasteiger charge is -2.13. The molecule has 4 aromatic rings. The van der Waals surface area contributed by atoms with Crippen LogP contribution in [-0.2, 0) is 16.1 Å². The summed E-state index contributed by atoms with van der Waals surface area (Å²) in [6.07, 6.45) is 7.60. The Labute approximate surface area is 238 Å². The Hall–Kier alpha value is -5.28. The van der Waals surface area contributed by atoms with E-state index < -0.39 is 0 Å². The van der Waals surface area contributed by atoms with Gasteiger partial charge in [-0.15, -0.1) is 0 Å². The van der Waals surface area contributed by atoms with Crippen LogP contribution in [0.5, 0.6) is 5.75 Å². The van der Waals surface area contributed by atoms with Gasteiger partial charge in [-0.3, -0.25) is 9.59 Å². The van der Waals surface area contributed by atoms with Crippen molar-refractivity contribution in [2.45, 2.75) is 13.0 Å². The number of amides is 2. The van der Waals surface area contributed by atoms with Gasteiger partial charge in [-0.2, -0.15) is 0 Å². The average Bonchev–Trinajstić information content (AvgIpc) is 2.98. The molecule has 1 aliphatic rings. The molecule has 0 spiro atoms. The predicted octanol–water partition coefficient (Wildman–Crippen LogP) is 6.12. The van der Waals surface area contributed by atoms with Crippen LogP contribution in [0, 0.1) is 0 Å². The molecule has 1 aromatic heterocycles. The van der Waals surface area contributed by atoms with Crippen molar-refractivity contribution >= 4 is 34.8 Å². The molecule has 206 valence electrons. The molecule has 0 fully saturated rings. The van der Waals surface area contributed by atoms with Crippen molar-refractivity contribution in [1.29, 1.82) is 0 Å². The van der Waals surface area contributed by atoms with Gasteiger partial charge < -0.3 is 25.4 Å². The fourth-order valence-electron chi connectivity index (χ4n) is 4.18. The normalized spacial score (nSPS) is 13.8. The number of anilines is 4. The minimum absolute atomic E-state index is 0.327. The van der Waals surface area contributed by atoms with Crippen LogP contribution in [-0.4, -0.2) is 35.0 Å². The summed E-state index contributed by atoms with van der Waals surface area (Å²) in [6.45, 7) is 4.76. The van der Waals surface area contributed by atoms with Gasteiger partial charge in [0.1, 0.15) is 5.75 Å².